The minimum atomic E-state index is 0.490. The number of nitrogens with zero attached hydrogens (tertiary/aromatic N) is 3. The second kappa shape index (κ2) is 5.85. The SMILES string of the molecule is Cc1nc2ccc(Cl)nn2c1CSCc1ccccc1. The van der Waals surface area contributed by atoms with Gasteiger partial charge < -0.3 is 0 Å². The molecular formula is C15H14ClN3S. The minimum absolute atomic E-state index is 0.490. The molecule has 3 nitrogen and oxygen atoms in total. The van der Waals surface area contributed by atoms with Crippen LogP contribution in [0.2, 0.25) is 5.15 Å². The van der Waals surface area contributed by atoms with E-state index in [1.165, 1.54) is 5.56 Å². The number of halogens is 1. The summed E-state index contributed by atoms with van der Waals surface area (Å²) in [4.78, 5) is 4.51. The van der Waals surface area contributed by atoms with E-state index in [0.717, 1.165) is 28.5 Å². The summed E-state index contributed by atoms with van der Waals surface area (Å²) >= 11 is 7.82. The van der Waals surface area contributed by atoms with E-state index in [2.05, 4.69) is 34.3 Å². The first-order chi connectivity index (χ1) is 9.74. The van der Waals surface area contributed by atoms with Gasteiger partial charge in [0.05, 0.1) is 11.4 Å². The van der Waals surface area contributed by atoms with Crippen LogP contribution in [0.5, 0.6) is 0 Å². The molecule has 0 fully saturated rings. The molecule has 102 valence electrons. The summed E-state index contributed by atoms with van der Waals surface area (Å²) in [6.07, 6.45) is 0. The number of rotatable bonds is 4. The molecule has 0 saturated heterocycles. The summed E-state index contributed by atoms with van der Waals surface area (Å²) in [5.74, 6) is 1.85. The fourth-order valence-corrected chi connectivity index (χ4v) is 3.27. The third-order valence-electron chi connectivity index (χ3n) is 3.09. The van der Waals surface area contributed by atoms with Crippen molar-refractivity contribution in [1.29, 1.82) is 0 Å². The van der Waals surface area contributed by atoms with Crippen LogP contribution in [0.25, 0.3) is 5.65 Å². The maximum atomic E-state index is 5.96. The number of aromatic nitrogens is 3. The monoisotopic (exact) mass is 303 g/mol. The first kappa shape index (κ1) is 13.5. The molecule has 20 heavy (non-hydrogen) atoms. The van der Waals surface area contributed by atoms with Crippen LogP contribution in [0.4, 0.5) is 0 Å². The molecule has 3 aromatic rings. The maximum Gasteiger partial charge on any atom is 0.154 e. The van der Waals surface area contributed by atoms with Crippen molar-refractivity contribution in [2.45, 2.75) is 18.4 Å². The van der Waals surface area contributed by atoms with Crippen LogP contribution in [-0.2, 0) is 11.5 Å². The van der Waals surface area contributed by atoms with E-state index >= 15 is 0 Å². The van der Waals surface area contributed by atoms with Crippen LogP contribution in [0.15, 0.2) is 42.5 Å². The van der Waals surface area contributed by atoms with Gasteiger partial charge in [0.1, 0.15) is 5.15 Å². The van der Waals surface area contributed by atoms with E-state index in [0.29, 0.717) is 5.15 Å². The van der Waals surface area contributed by atoms with Gasteiger partial charge in [-0.3, -0.25) is 0 Å². The lowest BCUT2D eigenvalue weighted by atomic mass is 10.2. The van der Waals surface area contributed by atoms with Gasteiger partial charge in [-0.25, -0.2) is 9.50 Å². The fourth-order valence-electron chi connectivity index (χ4n) is 2.07. The standard InChI is InChI=1S/C15H14ClN3S/c1-11-13(10-20-9-12-5-3-2-4-6-12)19-15(17-11)8-7-14(16)18-19/h2-8H,9-10H2,1H3. The van der Waals surface area contributed by atoms with Crippen LogP contribution in [0.3, 0.4) is 0 Å². The predicted molar refractivity (Wildman–Crippen MR) is 84.2 cm³/mol. The van der Waals surface area contributed by atoms with E-state index in [9.17, 15) is 0 Å². The predicted octanol–water partition coefficient (Wildman–Crippen LogP) is 4.12. The molecule has 0 aliphatic carbocycles. The Hall–Kier alpha value is -1.52. The van der Waals surface area contributed by atoms with Gasteiger partial charge in [-0.15, -0.1) is 0 Å². The second-order valence-electron chi connectivity index (χ2n) is 4.55. The van der Waals surface area contributed by atoms with Crippen LogP contribution in [0, 0.1) is 6.92 Å². The highest BCUT2D eigenvalue weighted by atomic mass is 35.5. The molecule has 2 aromatic heterocycles. The van der Waals surface area contributed by atoms with Gasteiger partial charge in [0.15, 0.2) is 5.65 Å². The Balaban J connectivity index is 1.77. The van der Waals surface area contributed by atoms with Crippen LogP contribution < -0.4 is 0 Å². The van der Waals surface area contributed by atoms with Gasteiger partial charge in [-0.2, -0.15) is 16.9 Å². The Bertz CT molecular complexity index is 725. The molecule has 0 atom stereocenters. The van der Waals surface area contributed by atoms with Crippen molar-refractivity contribution in [1.82, 2.24) is 14.6 Å². The molecule has 0 N–H and O–H groups in total. The zero-order chi connectivity index (χ0) is 13.9. The number of hydrogen-bond donors (Lipinski definition) is 0. The Labute approximate surface area is 127 Å². The molecule has 1 aromatic carbocycles. The molecule has 0 radical (unpaired) electrons. The first-order valence-corrected chi connectivity index (χ1v) is 7.90. The molecule has 0 unspecified atom stereocenters. The van der Waals surface area contributed by atoms with E-state index in [1.807, 2.05) is 35.3 Å². The minimum Gasteiger partial charge on any atom is -0.232 e. The maximum absolute atomic E-state index is 5.96. The summed E-state index contributed by atoms with van der Waals surface area (Å²) in [7, 11) is 0. The zero-order valence-electron chi connectivity index (χ0n) is 11.1. The second-order valence-corrected chi connectivity index (χ2v) is 5.92. The third-order valence-corrected chi connectivity index (χ3v) is 4.30. The topological polar surface area (TPSA) is 30.2 Å². The number of imidazole rings is 1. The van der Waals surface area contributed by atoms with Gasteiger partial charge in [0, 0.05) is 11.5 Å². The van der Waals surface area contributed by atoms with Crippen molar-refractivity contribution in [3.63, 3.8) is 0 Å². The number of fused-ring (bicyclic) bond motifs is 1. The van der Waals surface area contributed by atoms with Gasteiger partial charge in [-0.1, -0.05) is 41.9 Å². The summed E-state index contributed by atoms with van der Waals surface area (Å²) in [6.45, 7) is 2.01. The van der Waals surface area contributed by atoms with E-state index < -0.39 is 0 Å². The van der Waals surface area contributed by atoms with Crippen molar-refractivity contribution in [2.75, 3.05) is 0 Å². The zero-order valence-corrected chi connectivity index (χ0v) is 12.7. The molecule has 5 heteroatoms. The summed E-state index contributed by atoms with van der Waals surface area (Å²) < 4.78 is 1.84. The van der Waals surface area contributed by atoms with Crippen molar-refractivity contribution in [3.05, 3.63) is 64.6 Å². The summed E-state index contributed by atoms with van der Waals surface area (Å²) in [6, 6.07) is 14.1. The molecule has 0 spiro atoms. The highest BCUT2D eigenvalue weighted by Gasteiger charge is 2.10. The third kappa shape index (κ3) is 2.81. The molecule has 3 rings (SSSR count). The molecule has 0 amide bonds. The average molecular weight is 304 g/mol. The first-order valence-electron chi connectivity index (χ1n) is 6.36. The molecule has 2 heterocycles. The molecule has 0 saturated carbocycles. The number of aryl methyl sites for hydroxylation is 1. The highest BCUT2D eigenvalue weighted by molar-refractivity contribution is 7.97. The largest absolute Gasteiger partial charge is 0.232 e. The highest BCUT2D eigenvalue weighted by Crippen LogP contribution is 2.21. The van der Waals surface area contributed by atoms with Crippen molar-refractivity contribution in [3.8, 4) is 0 Å². The normalized spacial score (nSPS) is 11.1. The lowest BCUT2D eigenvalue weighted by molar-refractivity contribution is 0.889. The number of hydrogen-bond acceptors (Lipinski definition) is 3. The van der Waals surface area contributed by atoms with Crippen molar-refractivity contribution >= 4 is 29.0 Å². The lowest BCUT2D eigenvalue weighted by Gasteiger charge is -2.03. The van der Waals surface area contributed by atoms with Crippen molar-refractivity contribution in [2.24, 2.45) is 0 Å². The Kier molecular flexibility index (Phi) is 3.94. The van der Waals surface area contributed by atoms with Crippen LogP contribution in [0.1, 0.15) is 17.0 Å². The fraction of sp³-hybridized carbons (Fsp3) is 0.200. The van der Waals surface area contributed by atoms with Crippen LogP contribution >= 0.6 is 23.4 Å². The average Bonchev–Trinajstić information content (AvgIpc) is 2.76. The van der Waals surface area contributed by atoms with E-state index in [-0.39, 0.29) is 0 Å². The summed E-state index contributed by atoms with van der Waals surface area (Å²) in [5.41, 5.74) is 4.31. The van der Waals surface area contributed by atoms with Crippen LogP contribution in [-0.4, -0.2) is 14.6 Å². The van der Waals surface area contributed by atoms with E-state index in [1.54, 1.807) is 6.07 Å². The van der Waals surface area contributed by atoms with Crippen molar-refractivity contribution < 1.29 is 0 Å². The Morgan fingerprint density at radius 3 is 2.70 bits per heavy atom. The Morgan fingerprint density at radius 2 is 1.90 bits per heavy atom. The van der Waals surface area contributed by atoms with E-state index in [4.69, 9.17) is 11.6 Å². The van der Waals surface area contributed by atoms with Gasteiger partial charge in [0.25, 0.3) is 0 Å². The molecule has 0 bridgehead atoms. The lowest BCUT2D eigenvalue weighted by Crippen LogP contribution is -1.97. The Morgan fingerprint density at radius 1 is 1.10 bits per heavy atom. The van der Waals surface area contributed by atoms with Gasteiger partial charge >= 0.3 is 0 Å². The van der Waals surface area contributed by atoms with Gasteiger partial charge in [0.2, 0.25) is 0 Å². The quantitative estimate of drug-likeness (QED) is 0.726. The number of benzene rings is 1. The molecular weight excluding hydrogens is 290 g/mol. The smallest absolute Gasteiger partial charge is 0.154 e. The molecule has 0 aliphatic rings. The van der Waals surface area contributed by atoms with Gasteiger partial charge in [-0.05, 0) is 24.6 Å². The number of thioether (sulfide) groups is 1. The molecule has 0 aliphatic heterocycles. The summed E-state index contributed by atoms with van der Waals surface area (Å²) in [5, 5.41) is 4.82.